The Kier molecular flexibility index (Phi) is 4.78. The molecule has 0 saturated heterocycles. The van der Waals surface area contributed by atoms with Gasteiger partial charge in [0.05, 0.1) is 19.9 Å². The molecule has 1 aromatic carbocycles. The van der Waals surface area contributed by atoms with Gasteiger partial charge in [0, 0.05) is 29.9 Å². The number of anilines is 1. The Hall–Kier alpha value is -2.74. The molecule has 0 saturated carbocycles. The fourth-order valence-electron chi connectivity index (χ4n) is 2.77. The Morgan fingerprint density at radius 2 is 1.85 bits per heavy atom. The number of pyridine rings is 1. The van der Waals surface area contributed by atoms with E-state index in [0.717, 1.165) is 0 Å². The maximum Gasteiger partial charge on any atom is 0.264 e. The lowest BCUT2D eigenvalue weighted by Crippen LogP contribution is -2.13. The summed E-state index contributed by atoms with van der Waals surface area (Å²) in [6.07, 6.45) is 3.27. The molecule has 0 spiro atoms. The van der Waals surface area contributed by atoms with Crippen molar-refractivity contribution in [2.24, 2.45) is 0 Å². The molecule has 8 heteroatoms. The summed E-state index contributed by atoms with van der Waals surface area (Å²) in [6.45, 7) is 3.96. The van der Waals surface area contributed by atoms with Crippen LogP contribution in [-0.4, -0.2) is 32.2 Å². The third-order valence-corrected chi connectivity index (χ3v) is 5.44. The van der Waals surface area contributed by atoms with Crippen molar-refractivity contribution in [2.45, 2.75) is 24.8 Å². The molecule has 2 aromatic heterocycles. The van der Waals surface area contributed by atoms with Crippen LogP contribution in [0.2, 0.25) is 0 Å². The van der Waals surface area contributed by atoms with Crippen molar-refractivity contribution in [1.82, 2.24) is 9.55 Å². The van der Waals surface area contributed by atoms with Gasteiger partial charge in [-0.05, 0) is 38.1 Å². The van der Waals surface area contributed by atoms with Crippen molar-refractivity contribution in [3.8, 4) is 11.5 Å². The van der Waals surface area contributed by atoms with Gasteiger partial charge in [-0.3, -0.25) is 4.72 Å². The number of nitrogens with zero attached hydrogens (tertiary/aromatic N) is 2. The molecule has 0 aliphatic heterocycles. The third-order valence-electron chi connectivity index (χ3n) is 4.03. The fraction of sp³-hybridized carbons (Fsp3) is 0.278. The Bertz CT molecular complexity index is 1040. The van der Waals surface area contributed by atoms with Crippen LogP contribution in [0.3, 0.4) is 0 Å². The van der Waals surface area contributed by atoms with Gasteiger partial charge in [-0.15, -0.1) is 0 Å². The summed E-state index contributed by atoms with van der Waals surface area (Å²) < 4.78 is 40.8. The van der Waals surface area contributed by atoms with Gasteiger partial charge in [0.2, 0.25) is 0 Å². The van der Waals surface area contributed by atoms with Crippen LogP contribution in [0.15, 0.2) is 47.6 Å². The first kappa shape index (κ1) is 18.1. The van der Waals surface area contributed by atoms with Crippen LogP contribution in [0.1, 0.15) is 19.9 Å². The highest BCUT2D eigenvalue weighted by Crippen LogP contribution is 2.32. The summed E-state index contributed by atoms with van der Waals surface area (Å²) in [5, 5.41) is 0.578. The number of benzene rings is 1. The monoisotopic (exact) mass is 375 g/mol. The molecule has 3 aromatic rings. The molecule has 26 heavy (non-hydrogen) atoms. The van der Waals surface area contributed by atoms with Crippen LogP contribution in [-0.2, 0) is 10.0 Å². The van der Waals surface area contributed by atoms with Crippen molar-refractivity contribution in [3.63, 3.8) is 0 Å². The summed E-state index contributed by atoms with van der Waals surface area (Å²) in [4.78, 5) is 4.51. The Balaban J connectivity index is 2.06. The molecule has 0 unspecified atom stereocenters. The highest BCUT2D eigenvalue weighted by Gasteiger charge is 2.23. The summed E-state index contributed by atoms with van der Waals surface area (Å²) in [5.41, 5.74) is 1.02. The largest absolute Gasteiger partial charge is 0.493 e. The molecule has 0 bridgehead atoms. The molecule has 2 heterocycles. The summed E-state index contributed by atoms with van der Waals surface area (Å²) >= 11 is 0. The van der Waals surface area contributed by atoms with E-state index in [9.17, 15) is 8.42 Å². The van der Waals surface area contributed by atoms with Gasteiger partial charge in [0.15, 0.2) is 11.5 Å². The predicted molar refractivity (Wildman–Crippen MR) is 100 cm³/mol. The number of sulfonamides is 1. The van der Waals surface area contributed by atoms with E-state index in [2.05, 4.69) is 9.71 Å². The quantitative estimate of drug-likeness (QED) is 0.714. The predicted octanol–water partition coefficient (Wildman–Crippen LogP) is 3.44. The van der Waals surface area contributed by atoms with Crippen LogP contribution in [0.25, 0.3) is 11.0 Å². The SMILES string of the molecule is COc1ccc(NS(=O)(=O)c2cn(C(C)C)c3ncccc23)cc1OC. The second kappa shape index (κ2) is 6.87. The van der Waals surface area contributed by atoms with E-state index >= 15 is 0 Å². The average molecular weight is 375 g/mol. The first-order chi connectivity index (χ1) is 12.4. The molecule has 1 N–H and O–H groups in total. The Labute approximate surface area is 152 Å². The van der Waals surface area contributed by atoms with Crippen LogP contribution in [0, 0.1) is 0 Å². The summed E-state index contributed by atoms with van der Waals surface area (Å²) in [7, 11) is -0.783. The highest BCUT2D eigenvalue weighted by molar-refractivity contribution is 7.93. The molecule has 0 aliphatic carbocycles. The van der Waals surface area contributed by atoms with Crippen molar-refractivity contribution in [3.05, 3.63) is 42.7 Å². The van der Waals surface area contributed by atoms with Gasteiger partial charge in [-0.1, -0.05) is 0 Å². The number of aromatic nitrogens is 2. The lowest BCUT2D eigenvalue weighted by Gasteiger charge is -2.11. The van der Waals surface area contributed by atoms with Crippen LogP contribution in [0.5, 0.6) is 11.5 Å². The molecule has 138 valence electrons. The van der Waals surface area contributed by atoms with Gasteiger partial charge >= 0.3 is 0 Å². The van der Waals surface area contributed by atoms with Gasteiger partial charge in [-0.2, -0.15) is 0 Å². The molecule has 0 aliphatic rings. The molecule has 0 fully saturated rings. The molecule has 0 radical (unpaired) electrons. The minimum atomic E-state index is -3.80. The van der Waals surface area contributed by atoms with Crippen molar-refractivity contribution < 1.29 is 17.9 Å². The fourth-order valence-corrected chi connectivity index (χ4v) is 4.02. The van der Waals surface area contributed by atoms with E-state index in [4.69, 9.17) is 9.47 Å². The smallest absolute Gasteiger partial charge is 0.264 e. The van der Waals surface area contributed by atoms with Gasteiger partial charge in [0.25, 0.3) is 10.0 Å². The minimum Gasteiger partial charge on any atom is -0.493 e. The molecular weight excluding hydrogens is 354 g/mol. The van der Waals surface area contributed by atoms with Crippen LogP contribution >= 0.6 is 0 Å². The second-order valence-corrected chi connectivity index (χ2v) is 7.70. The first-order valence-corrected chi connectivity index (χ1v) is 9.56. The summed E-state index contributed by atoms with van der Waals surface area (Å²) in [5.74, 6) is 0.968. The lowest BCUT2D eigenvalue weighted by molar-refractivity contribution is 0.355. The average Bonchev–Trinajstić information content (AvgIpc) is 3.02. The second-order valence-electron chi connectivity index (χ2n) is 6.04. The number of nitrogens with one attached hydrogen (secondary N) is 1. The van der Waals surface area contributed by atoms with E-state index in [1.807, 2.05) is 18.4 Å². The van der Waals surface area contributed by atoms with Gasteiger partial charge in [0.1, 0.15) is 10.5 Å². The Morgan fingerprint density at radius 3 is 2.50 bits per heavy atom. The normalized spacial score (nSPS) is 11.7. The number of hydrogen-bond acceptors (Lipinski definition) is 5. The first-order valence-electron chi connectivity index (χ1n) is 8.07. The zero-order chi connectivity index (χ0) is 18.9. The Morgan fingerprint density at radius 1 is 1.12 bits per heavy atom. The van der Waals surface area contributed by atoms with E-state index in [1.165, 1.54) is 14.2 Å². The molecule has 3 rings (SSSR count). The van der Waals surface area contributed by atoms with Crippen LogP contribution in [0.4, 0.5) is 5.69 Å². The molecule has 0 amide bonds. The standard InChI is InChI=1S/C18H21N3O4S/c1-12(2)21-11-17(14-6-5-9-19-18(14)21)26(22,23)20-13-7-8-15(24-3)16(10-13)25-4/h5-12,20H,1-4H3. The molecule has 0 atom stereocenters. The maximum absolute atomic E-state index is 13.0. The van der Waals surface area contributed by atoms with Gasteiger partial charge in [-0.25, -0.2) is 13.4 Å². The van der Waals surface area contributed by atoms with Crippen LogP contribution < -0.4 is 14.2 Å². The van der Waals surface area contributed by atoms with Crippen molar-refractivity contribution in [2.75, 3.05) is 18.9 Å². The van der Waals surface area contributed by atoms with Gasteiger partial charge < -0.3 is 14.0 Å². The highest BCUT2D eigenvalue weighted by atomic mass is 32.2. The topological polar surface area (TPSA) is 82.5 Å². The number of hydrogen-bond donors (Lipinski definition) is 1. The summed E-state index contributed by atoms with van der Waals surface area (Å²) in [6, 6.07) is 8.41. The van der Waals surface area contributed by atoms with E-state index < -0.39 is 10.0 Å². The van der Waals surface area contributed by atoms with E-state index in [0.29, 0.717) is 28.2 Å². The van der Waals surface area contributed by atoms with Crippen molar-refractivity contribution in [1.29, 1.82) is 0 Å². The molecular formula is C18H21N3O4S. The maximum atomic E-state index is 13.0. The lowest BCUT2D eigenvalue weighted by atomic mass is 10.3. The number of rotatable bonds is 6. The zero-order valence-electron chi connectivity index (χ0n) is 15.1. The third kappa shape index (κ3) is 3.20. The van der Waals surface area contributed by atoms with Crippen molar-refractivity contribution >= 4 is 26.7 Å². The number of fused-ring (bicyclic) bond motifs is 1. The minimum absolute atomic E-state index is 0.0810. The molecule has 7 nitrogen and oxygen atoms in total. The van der Waals surface area contributed by atoms with E-state index in [1.54, 1.807) is 42.7 Å². The number of methoxy groups -OCH3 is 2. The number of ether oxygens (including phenoxy) is 2. The van der Waals surface area contributed by atoms with E-state index in [-0.39, 0.29) is 10.9 Å². The zero-order valence-corrected chi connectivity index (χ0v) is 15.9.